The number of carbonyl (C=O) groups is 1. The molecule has 7 nitrogen and oxygen atoms in total. The number of hydrogen-bond acceptors (Lipinski definition) is 5. The van der Waals surface area contributed by atoms with E-state index in [0.717, 1.165) is 70.7 Å². The number of benzene rings is 2. The van der Waals surface area contributed by atoms with Crippen LogP contribution in [0.25, 0.3) is 22.2 Å². The Bertz CT molecular complexity index is 1390. The number of piperidine rings is 1. The van der Waals surface area contributed by atoms with E-state index in [2.05, 4.69) is 33.4 Å². The van der Waals surface area contributed by atoms with Gasteiger partial charge in [0.2, 0.25) is 0 Å². The van der Waals surface area contributed by atoms with Crippen molar-refractivity contribution < 1.29 is 9.53 Å². The highest BCUT2D eigenvalue weighted by molar-refractivity contribution is 5.96. The number of amides is 1. The maximum Gasteiger partial charge on any atom is 0.251 e. The number of carbonyl (C=O) groups excluding carboxylic acids is 1. The third-order valence-corrected chi connectivity index (χ3v) is 6.67. The van der Waals surface area contributed by atoms with Crippen LogP contribution in [0.1, 0.15) is 34.5 Å². The molecule has 5 rings (SSSR count). The zero-order valence-electron chi connectivity index (χ0n) is 20.7. The van der Waals surface area contributed by atoms with E-state index >= 15 is 0 Å². The van der Waals surface area contributed by atoms with E-state index in [4.69, 9.17) is 4.74 Å². The van der Waals surface area contributed by atoms with Gasteiger partial charge in [0.25, 0.3) is 5.91 Å². The van der Waals surface area contributed by atoms with E-state index in [-0.39, 0.29) is 11.9 Å². The molecule has 1 atom stereocenters. The van der Waals surface area contributed by atoms with Crippen molar-refractivity contribution in [3.05, 3.63) is 71.5 Å². The minimum absolute atomic E-state index is 0.000252. The number of pyridine rings is 1. The highest BCUT2D eigenvalue weighted by Crippen LogP contribution is 2.30. The van der Waals surface area contributed by atoms with E-state index in [0.29, 0.717) is 5.75 Å². The highest BCUT2D eigenvalue weighted by Gasteiger charge is 2.20. The van der Waals surface area contributed by atoms with Crippen LogP contribution in [0.5, 0.6) is 11.5 Å². The first kappa shape index (κ1) is 23.1. The Morgan fingerprint density at radius 3 is 2.69 bits per heavy atom. The molecule has 1 N–H and O–H groups in total. The highest BCUT2D eigenvalue weighted by atomic mass is 16.5. The van der Waals surface area contributed by atoms with Gasteiger partial charge in [-0.1, -0.05) is 24.3 Å². The first-order chi connectivity index (χ1) is 16.9. The van der Waals surface area contributed by atoms with Gasteiger partial charge in [-0.2, -0.15) is 5.10 Å². The van der Waals surface area contributed by atoms with Gasteiger partial charge in [-0.05, 0) is 75.2 Å². The number of hydrogen-bond donors (Lipinski definition) is 1. The van der Waals surface area contributed by atoms with Crippen LogP contribution in [0.3, 0.4) is 0 Å². The Balaban J connectivity index is 1.33. The number of fused-ring (bicyclic) bond motifs is 1. The number of aromatic nitrogens is 3. The molecule has 180 valence electrons. The maximum absolute atomic E-state index is 12.9. The molecule has 2 aromatic carbocycles. The standard InChI is InChI=1S/C28H31N5O2/c1-18-13-21(10-11-25(18)28(34)30-22-8-6-12-32(3)17-22)20-7-5-9-23(14-20)35-24-15-26-27(29-16-24)19(2)31-33(26)4/h5,7,9-11,13-16,22H,6,8,12,17H2,1-4H3,(H,30,34)/t22-/m0/s1. The topological polar surface area (TPSA) is 72.3 Å². The molecule has 4 aromatic rings. The number of aryl methyl sites for hydroxylation is 3. The smallest absolute Gasteiger partial charge is 0.251 e. The van der Waals surface area contributed by atoms with Crippen molar-refractivity contribution in [1.82, 2.24) is 25.0 Å². The van der Waals surface area contributed by atoms with E-state index in [1.807, 2.05) is 68.0 Å². The normalized spacial score (nSPS) is 16.4. The molecule has 35 heavy (non-hydrogen) atoms. The fourth-order valence-corrected chi connectivity index (χ4v) is 4.86. The van der Waals surface area contributed by atoms with Gasteiger partial charge in [-0.15, -0.1) is 0 Å². The number of rotatable bonds is 5. The predicted molar refractivity (Wildman–Crippen MR) is 138 cm³/mol. The average Bonchev–Trinajstić information content (AvgIpc) is 3.12. The summed E-state index contributed by atoms with van der Waals surface area (Å²) in [5, 5.41) is 7.63. The molecule has 0 radical (unpaired) electrons. The summed E-state index contributed by atoms with van der Waals surface area (Å²) < 4.78 is 7.94. The van der Waals surface area contributed by atoms with E-state index in [9.17, 15) is 4.79 Å². The molecule has 1 saturated heterocycles. The van der Waals surface area contributed by atoms with Crippen molar-refractivity contribution in [3.8, 4) is 22.6 Å². The molecule has 3 heterocycles. The number of ether oxygens (including phenoxy) is 1. The molecule has 0 aliphatic carbocycles. The lowest BCUT2D eigenvalue weighted by Crippen LogP contribution is -2.46. The zero-order valence-corrected chi connectivity index (χ0v) is 20.7. The number of nitrogens with zero attached hydrogens (tertiary/aromatic N) is 4. The largest absolute Gasteiger partial charge is 0.456 e. The molecule has 7 heteroatoms. The van der Waals surface area contributed by atoms with Crippen LogP contribution in [-0.2, 0) is 7.05 Å². The van der Waals surface area contributed by atoms with Gasteiger partial charge in [-0.3, -0.25) is 9.48 Å². The van der Waals surface area contributed by atoms with Gasteiger partial charge in [0.15, 0.2) is 0 Å². The van der Waals surface area contributed by atoms with Crippen molar-refractivity contribution in [2.45, 2.75) is 32.7 Å². The lowest BCUT2D eigenvalue weighted by molar-refractivity contribution is 0.0912. The van der Waals surface area contributed by atoms with Gasteiger partial charge >= 0.3 is 0 Å². The summed E-state index contributed by atoms with van der Waals surface area (Å²) in [6.07, 6.45) is 3.87. The summed E-state index contributed by atoms with van der Waals surface area (Å²) in [6.45, 7) is 5.93. The van der Waals surface area contributed by atoms with Gasteiger partial charge in [0, 0.05) is 31.3 Å². The molecule has 2 aromatic heterocycles. The average molecular weight is 470 g/mol. The van der Waals surface area contributed by atoms with E-state index < -0.39 is 0 Å². The van der Waals surface area contributed by atoms with Gasteiger partial charge in [0.1, 0.15) is 17.0 Å². The molecule has 0 saturated carbocycles. The molecule has 1 aliphatic rings. The van der Waals surface area contributed by atoms with Crippen molar-refractivity contribution in [1.29, 1.82) is 0 Å². The third-order valence-electron chi connectivity index (χ3n) is 6.67. The second kappa shape index (κ2) is 9.50. The fourth-order valence-electron chi connectivity index (χ4n) is 4.86. The summed E-state index contributed by atoms with van der Waals surface area (Å²) in [7, 11) is 4.01. The quantitative estimate of drug-likeness (QED) is 0.452. The molecule has 1 aliphatic heterocycles. The van der Waals surface area contributed by atoms with Crippen LogP contribution >= 0.6 is 0 Å². The SMILES string of the molecule is Cc1cc(-c2cccc(Oc3cnc4c(C)nn(C)c4c3)c2)ccc1C(=O)N[C@H]1CCCN(C)C1. The first-order valence-corrected chi connectivity index (χ1v) is 12.0. The van der Waals surface area contributed by atoms with Crippen LogP contribution in [0, 0.1) is 13.8 Å². The van der Waals surface area contributed by atoms with Crippen LogP contribution in [0.4, 0.5) is 0 Å². The molecule has 0 bridgehead atoms. The molecular weight excluding hydrogens is 438 g/mol. The Morgan fingerprint density at radius 1 is 1.06 bits per heavy atom. The van der Waals surface area contributed by atoms with Gasteiger partial charge in [-0.25, -0.2) is 4.98 Å². The first-order valence-electron chi connectivity index (χ1n) is 12.0. The number of likely N-dealkylation sites (tertiary alicyclic amines) is 1. The van der Waals surface area contributed by atoms with Crippen LogP contribution in [0.15, 0.2) is 54.7 Å². The molecule has 0 spiro atoms. The third kappa shape index (κ3) is 4.91. The Labute approximate surface area is 205 Å². The lowest BCUT2D eigenvalue weighted by Gasteiger charge is -2.30. The van der Waals surface area contributed by atoms with E-state index in [1.54, 1.807) is 6.20 Å². The summed E-state index contributed by atoms with van der Waals surface area (Å²) >= 11 is 0. The Hall–Kier alpha value is -3.71. The monoisotopic (exact) mass is 469 g/mol. The van der Waals surface area contributed by atoms with E-state index in [1.165, 1.54) is 0 Å². The van der Waals surface area contributed by atoms with Gasteiger partial charge in [0.05, 0.1) is 17.4 Å². The van der Waals surface area contributed by atoms with Crippen LogP contribution in [0.2, 0.25) is 0 Å². The van der Waals surface area contributed by atoms with Crippen LogP contribution in [-0.4, -0.2) is 51.8 Å². The van der Waals surface area contributed by atoms with Crippen molar-refractivity contribution in [2.75, 3.05) is 20.1 Å². The summed E-state index contributed by atoms with van der Waals surface area (Å²) in [4.78, 5) is 19.7. The lowest BCUT2D eigenvalue weighted by atomic mass is 9.98. The zero-order chi connectivity index (χ0) is 24.5. The summed E-state index contributed by atoms with van der Waals surface area (Å²) in [5.41, 5.74) is 6.45. The maximum atomic E-state index is 12.9. The predicted octanol–water partition coefficient (Wildman–Crippen LogP) is 4.87. The van der Waals surface area contributed by atoms with Crippen LogP contribution < -0.4 is 10.1 Å². The molecular formula is C28H31N5O2. The van der Waals surface area contributed by atoms with Gasteiger partial charge < -0.3 is 15.0 Å². The second-order valence-electron chi connectivity index (χ2n) is 9.48. The second-order valence-corrected chi connectivity index (χ2v) is 9.48. The fraction of sp³-hybridized carbons (Fsp3) is 0.321. The van der Waals surface area contributed by atoms with Crippen molar-refractivity contribution >= 4 is 16.9 Å². The summed E-state index contributed by atoms with van der Waals surface area (Å²) in [5.74, 6) is 1.39. The molecule has 1 fully saturated rings. The Morgan fingerprint density at radius 2 is 1.89 bits per heavy atom. The number of nitrogens with one attached hydrogen (secondary N) is 1. The summed E-state index contributed by atoms with van der Waals surface area (Å²) in [6, 6.07) is 16.1. The Kier molecular flexibility index (Phi) is 6.26. The minimum atomic E-state index is -0.000252. The van der Waals surface area contributed by atoms with Crippen molar-refractivity contribution in [2.24, 2.45) is 7.05 Å². The van der Waals surface area contributed by atoms with Crippen molar-refractivity contribution in [3.63, 3.8) is 0 Å². The number of likely N-dealkylation sites (N-methyl/N-ethyl adjacent to an activating group) is 1. The minimum Gasteiger partial charge on any atom is -0.456 e. The molecule has 0 unspecified atom stereocenters. The molecule has 1 amide bonds.